The SMILES string of the molecule is N#Cc1nc(Sc2nnc(NC3CCCCC3)s2)ccc1Cl. The molecule has 8 heteroatoms. The van der Waals surface area contributed by atoms with Crippen LogP contribution in [0.4, 0.5) is 5.13 Å². The van der Waals surface area contributed by atoms with Crippen LogP contribution >= 0.6 is 34.7 Å². The highest BCUT2D eigenvalue weighted by Gasteiger charge is 2.15. The maximum Gasteiger partial charge on any atom is 0.206 e. The molecule has 1 saturated carbocycles. The largest absolute Gasteiger partial charge is 0.357 e. The van der Waals surface area contributed by atoms with Crippen LogP contribution in [0.25, 0.3) is 0 Å². The van der Waals surface area contributed by atoms with Crippen LogP contribution in [0.2, 0.25) is 5.02 Å². The fourth-order valence-electron chi connectivity index (χ4n) is 2.38. The van der Waals surface area contributed by atoms with E-state index in [2.05, 4.69) is 20.5 Å². The number of nitriles is 1. The van der Waals surface area contributed by atoms with Crippen molar-refractivity contribution in [2.45, 2.75) is 47.5 Å². The second-order valence-electron chi connectivity index (χ2n) is 5.05. The van der Waals surface area contributed by atoms with Gasteiger partial charge in [0.25, 0.3) is 0 Å². The van der Waals surface area contributed by atoms with E-state index in [9.17, 15) is 0 Å². The lowest BCUT2D eigenvalue weighted by Gasteiger charge is -2.21. The number of pyridine rings is 1. The molecule has 1 aliphatic rings. The fourth-order valence-corrected chi connectivity index (χ4v) is 4.27. The normalized spacial score (nSPS) is 15.5. The molecule has 3 rings (SSSR count). The molecule has 114 valence electrons. The van der Waals surface area contributed by atoms with E-state index >= 15 is 0 Å². The van der Waals surface area contributed by atoms with Crippen molar-refractivity contribution in [1.29, 1.82) is 5.26 Å². The molecule has 0 amide bonds. The lowest BCUT2D eigenvalue weighted by molar-refractivity contribution is 0.462. The third-order valence-electron chi connectivity index (χ3n) is 3.46. The molecule has 1 N–H and O–H groups in total. The predicted molar refractivity (Wildman–Crippen MR) is 88.5 cm³/mol. The molecule has 0 bridgehead atoms. The molecule has 5 nitrogen and oxygen atoms in total. The van der Waals surface area contributed by atoms with Crippen molar-refractivity contribution >= 4 is 39.8 Å². The summed E-state index contributed by atoms with van der Waals surface area (Å²) >= 11 is 8.79. The fraction of sp³-hybridized carbons (Fsp3) is 0.429. The van der Waals surface area contributed by atoms with Crippen LogP contribution in [0.15, 0.2) is 21.5 Å². The first-order chi connectivity index (χ1) is 10.7. The Morgan fingerprint density at radius 3 is 2.86 bits per heavy atom. The van der Waals surface area contributed by atoms with Gasteiger partial charge in [0.1, 0.15) is 11.1 Å². The molecule has 1 fully saturated rings. The van der Waals surface area contributed by atoms with E-state index in [1.54, 1.807) is 12.1 Å². The standard InChI is InChI=1S/C14H14ClN5S2/c15-10-6-7-12(18-11(10)8-16)21-14-20-19-13(22-14)17-9-4-2-1-3-5-9/h6-7,9H,1-5H2,(H,17,19). The van der Waals surface area contributed by atoms with Gasteiger partial charge in [-0.1, -0.05) is 42.2 Å². The van der Waals surface area contributed by atoms with Crippen molar-refractivity contribution in [2.24, 2.45) is 0 Å². The summed E-state index contributed by atoms with van der Waals surface area (Å²) in [7, 11) is 0. The zero-order chi connectivity index (χ0) is 15.4. The van der Waals surface area contributed by atoms with Gasteiger partial charge in [0, 0.05) is 6.04 Å². The van der Waals surface area contributed by atoms with E-state index in [1.807, 2.05) is 6.07 Å². The molecule has 0 atom stereocenters. The van der Waals surface area contributed by atoms with Crippen molar-refractivity contribution in [3.05, 3.63) is 22.8 Å². The first kappa shape index (κ1) is 15.5. The van der Waals surface area contributed by atoms with E-state index in [0.717, 1.165) is 9.47 Å². The lowest BCUT2D eigenvalue weighted by Crippen LogP contribution is -2.21. The number of rotatable bonds is 4. The molecular formula is C14H14ClN5S2. The smallest absolute Gasteiger partial charge is 0.206 e. The van der Waals surface area contributed by atoms with Gasteiger partial charge < -0.3 is 5.32 Å². The van der Waals surface area contributed by atoms with Crippen LogP contribution in [0.3, 0.4) is 0 Å². The Morgan fingerprint density at radius 1 is 1.27 bits per heavy atom. The average molecular weight is 352 g/mol. The van der Waals surface area contributed by atoms with E-state index in [0.29, 0.717) is 16.1 Å². The van der Waals surface area contributed by atoms with Gasteiger partial charge >= 0.3 is 0 Å². The van der Waals surface area contributed by atoms with Gasteiger partial charge in [-0.05, 0) is 36.7 Å². The summed E-state index contributed by atoms with van der Waals surface area (Å²) in [4.78, 5) is 4.20. The molecule has 1 aliphatic carbocycles. The van der Waals surface area contributed by atoms with Crippen molar-refractivity contribution in [1.82, 2.24) is 15.2 Å². The molecule has 2 aromatic heterocycles. The molecule has 0 aromatic carbocycles. The molecule has 2 heterocycles. The van der Waals surface area contributed by atoms with Crippen LogP contribution in [0.1, 0.15) is 37.8 Å². The second kappa shape index (κ2) is 7.27. The number of hydrogen-bond acceptors (Lipinski definition) is 7. The minimum Gasteiger partial charge on any atom is -0.357 e. The highest BCUT2D eigenvalue weighted by atomic mass is 35.5. The molecule has 22 heavy (non-hydrogen) atoms. The van der Waals surface area contributed by atoms with Gasteiger partial charge in [-0.3, -0.25) is 0 Å². The van der Waals surface area contributed by atoms with Crippen LogP contribution in [0.5, 0.6) is 0 Å². The Morgan fingerprint density at radius 2 is 2.09 bits per heavy atom. The number of aromatic nitrogens is 3. The van der Waals surface area contributed by atoms with Crippen molar-refractivity contribution in [3.8, 4) is 6.07 Å². The summed E-state index contributed by atoms with van der Waals surface area (Å²) < 4.78 is 0.803. The summed E-state index contributed by atoms with van der Waals surface area (Å²) in [5, 5.41) is 22.7. The van der Waals surface area contributed by atoms with E-state index in [-0.39, 0.29) is 5.69 Å². The van der Waals surface area contributed by atoms with Gasteiger partial charge in [0.2, 0.25) is 5.13 Å². The number of hydrogen-bond donors (Lipinski definition) is 1. The Kier molecular flexibility index (Phi) is 5.13. The number of nitrogens with one attached hydrogen (secondary N) is 1. The molecule has 0 saturated heterocycles. The first-order valence-corrected chi connectivity index (χ1v) is 9.10. The lowest BCUT2D eigenvalue weighted by atomic mass is 9.96. The first-order valence-electron chi connectivity index (χ1n) is 7.09. The Labute approximate surface area is 142 Å². The third kappa shape index (κ3) is 3.88. The minimum atomic E-state index is 0.233. The summed E-state index contributed by atoms with van der Waals surface area (Å²) in [5.41, 5.74) is 0.233. The monoisotopic (exact) mass is 351 g/mol. The summed E-state index contributed by atoms with van der Waals surface area (Å²) in [5.74, 6) is 0. The van der Waals surface area contributed by atoms with Gasteiger partial charge in [-0.2, -0.15) is 5.26 Å². The highest BCUT2D eigenvalue weighted by molar-refractivity contribution is 8.01. The van der Waals surface area contributed by atoms with Gasteiger partial charge in [0.15, 0.2) is 10.0 Å². The van der Waals surface area contributed by atoms with Crippen LogP contribution in [0, 0.1) is 11.3 Å². The third-order valence-corrected chi connectivity index (χ3v) is 5.60. The van der Waals surface area contributed by atoms with Crippen LogP contribution in [-0.4, -0.2) is 21.2 Å². The molecule has 0 spiro atoms. The Balaban J connectivity index is 1.65. The average Bonchev–Trinajstić information content (AvgIpc) is 2.97. The number of nitrogens with zero attached hydrogens (tertiary/aromatic N) is 4. The maximum absolute atomic E-state index is 8.95. The number of halogens is 1. The topological polar surface area (TPSA) is 74.5 Å². The van der Waals surface area contributed by atoms with Crippen molar-refractivity contribution in [3.63, 3.8) is 0 Å². The maximum atomic E-state index is 8.95. The Bertz CT molecular complexity index is 691. The second-order valence-corrected chi connectivity index (χ2v) is 7.70. The minimum absolute atomic E-state index is 0.233. The van der Waals surface area contributed by atoms with Gasteiger partial charge in [0.05, 0.1) is 5.02 Å². The molecule has 2 aromatic rings. The van der Waals surface area contributed by atoms with E-state index in [4.69, 9.17) is 16.9 Å². The van der Waals surface area contributed by atoms with Crippen molar-refractivity contribution in [2.75, 3.05) is 5.32 Å². The highest BCUT2D eigenvalue weighted by Crippen LogP contribution is 2.32. The van der Waals surface area contributed by atoms with E-state index < -0.39 is 0 Å². The van der Waals surface area contributed by atoms with Crippen LogP contribution in [-0.2, 0) is 0 Å². The predicted octanol–water partition coefficient (Wildman–Crippen LogP) is 4.35. The Hall–Kier alpha value is -1.36. The van der Waals surface area contributed by atoms with Gasteiger partial charge in [-0.25, -0.2) is 4.98 Å². The van der Waals surface area contributed by atoms with E-state index in [1.165, 1.54) is 55.2 Å². The molecule has 0 unspecified atom stereocenters. The quantitative estimate of drug-likeness (QED) is 0.882. The van der Waals surface area contributed by atoms with Gasteiger partial charge in [-0.15, -0.1) is 10.2 Å². The molecular weight excluding hydrogens is 338 g/mol. The number of anilines is 1. The molecule has 0 aliphatic heterocycles. The summed E-state index contributed by atoms with van der Waals surface area (Å²) in [6.07, 6.45) is 6.30. The van der Waals surface area contributed by atoms with Crippen molar-refractivity contribution < 1.29 is 0 Å². The van der Waals surface area contributed by atoms with Crippen LogP contribution < -0.4 is 5.32 Å². The zero-order valence-electron chi connectivity index (χ0n) is 11.8. The summed E-state index contributed by atoms with van der Waals surface area (Å²) in [6.45, 7) is 0. The molecule has 0 radical (unpaired) electrons. The summed E-state index contributed by atoms with van der Waals surface area (Å²) in [6, 6.07) is 5.95. The zero-order valence-corrected chi connectivity index (χ0v) is 14.1.